The van der Waals surface area contributed by atoms with Gasteiger partial charge in [0.05, 0.1) is 11.5 Å². The molecule has 1 amide bonds. The number of H-pyrrole nitrogens is 1. The molecule has 0 unspecified atom stereocenters. The van der Waals surface area contributed by atoms with Crippen LogP contribution in [0, 0.1) is 5.92 Å². The van der Waals surface area contributed by atoms with E-state index in [-0.39, 0.29) is 16.7 Å². The number of rotatable bonds is 7. The van der Waals surface area contributed by atoms with Crippen LogP contribution in [0.25, 0.3) is 11.4 Å². The minimum atomic E-state index is -3.60. The Hall–Kier alpha value is -2.37. The lowest BCUT2D eigenvalue weighted by Crippen LogP contribution is -2.43. The SMILES string of the molecule is COCCNC(=O)C1CCN(S(=O)(=O)c2ccc(-c3nn[nH]n3)cc2)CC1. The number of aromatic amines is 1. The molecule has 0 spiro atoms. The van der Waals surface area contributed by atoms with Gasteiger partial charge in [0.25, 0.3) is 0 Å². The van der Waals surface area contributed by atoms with Crippen molar-refractivity contribution in [2.45, 2.75) is 17.7 Å². The Morgan fingerprint density at radius 2 is 2.00 bits per heavy atom. The highest BCUT2D eigenvalue weighted by Gasteiger charge is 2.32. The Labute approximate surface area is 157 Å². The summed E-state index contributed by atoms with van der Waals surface area (Å²) >= 11 is 0. The number of amides is 1. The van der Waals surface area contributed by atoms with Gasteiger partial charge in [-0.2, -0.15) is 9.52 Å². The van der Waals surface area contributed by atoms with E-state index >= 15 is 0 Å². The van der Waals surface area contributed by atoms with E-state index in [2.05, 4.69) is 25.9 Å². The molecule has 1 aromatic heterocycles. The van der Waals surface area contributed by atoms with E-state index in [1.807, 2.05) is 0 Å². The number of aromatic nitrogens is 4. The highest BCUT2D eigenvalue weighted by molar-refractivity contribution is 7.89. The van der Waals surface area contributed by atoms with Gasteiger partial charge in [-0.1, -0.05) is 0 Å². The number of piperidine rings is 1. The molecule has 0 aliphatic carbocycles. The molecule has 10 nitrogen and oxygen atoms in total. The number of methoxy groups -OCH3 is 1. The molecule has 0 radical (unpaired) electrons. The molecule has 2 heterocycles. The summed E-state index contributed by atoms with van der Waals surface area (Å²) in [4.78, 5) is 12.3. The maximum Gasteiger partial charge on any atom is 0.243 e. The third kappa shape index (κ3) is 4.49. The fraction of sp³-hybridized carbons (Fsp3) is 0.500. The summed E-state index contributed by atoms with van der Waals surface area (Å²) in [6.45, 7) is 1.55. The van der Waals surface area contributed by atoms with E-state index in [9.17, 15) is 13.2 Å². The zero-order valence-electron chi connectivity index (χ0n) is 15.0. The van der Waals surface area contributed by atoms with Gasteiger partial charge in [-0.15, -0.1) is 10.2 Å². The molecule has 0 atom stereocenters. The normalized spacial score (nSPS) is 16.3. The Balaban J connectivity index is 1.60. The lowest BCUT2D eigenvalue weighted by molar-refractivity contribution is -0.126. The van der Waals surface area contributed by atoms with Crippen molar-refractivity contribution >= 4 is 15.9 Å². The molecule has 2 aromatic rings. The summed E-state index contributed by atoms with van der Waals surface area (Å²) in [7, 11) is -2.03. The summed E-state index contributed by atoms with van der Waals surface area (Å²) in [5.41, 5.74) is 0.675. The molecule has 0 bridgehead atoms. The summed E-state index contributed by atoms with van der Waals surface area (Å²) in [5, 5.41) is 16.4. The van der Waals surface area contributed by atoms with Gasteiger partial charge in [0, 0.05) is 38.2 Å². The van der Waals surface area contributed by atoms with Crippen molar-refractivity contribution in [1.82, 2.24) is 30.2 Å². The van der Waals surface area contributed by atoms with Gasteiger partial charge in [-0.3, -0.25) is 4.79 Å². The van der Waals surface area contributed by atoms with Crippen LogP contribution in [0.15, 0.2) is 29.2 Å². The maximum absolute atomic E-state index is 12.8. The van der Waals surface area contributed by atoms with E-state index in [1.165, 1.54) is 16.4 Å². The standard InChI is InChI=1S/C16H22N6O4S/c1-26-11-8-17-16(23)13-6-9-22(10-7-13)27(24,25)14-4-2-12(3-5-14)15-18-20-21-19-15/h2-5,13H,6-11H2,1H3,(H,17,23)(H,18,19,20,21). The Morgan fingerprint density at radius 3 is 2.59 bits per heavy atom. The topological polar surface area (TPSA) is 130 Å². The molecule has 27 heavy (non-hydrogen) atoms. The average Bonchev–Trinajstić information content (AvgIpc) is 3.23. The Morgan fingerprint density at radius 1 is 1.30 bits per heavy atom. The van der Waals surface area contributed by atoms with Gasteiger partial charge in [-0.25, -0.2) is 8.42 Å². The van der Waals surface area contributed by atoms with Crippen LogP contribution in [0.4, 0.5) is 0 Å². The first-order valence-electron chi connectivity index (χ1n) is 8.63. The zero-order chi connectivity index (χ0) is 19.3. The molecule has 11 heteroatoms. The summed E-state index contributed by atoms with van der Waals surface area (Å²) < 4.78 is 32.0. The minimum Gasteiger partial charge on any atom is -0.383 e. The monoisotopic (exact) mass is 394 g/mol. The van der Waals surface area contributed by atoms with E-state index in [0.717, 1.165) is 0 Å². The number of nitrogens with zero attached hydrogens (tertiary/aromatic N) is 4. The van der Waals surface area contributed by atoms with Gasteiger partial charge in [-0.05, 0) is 42.3 Å². The number of sulfonamides is 1. The quantitative estimate of drug-likeness (QED) is 0.634. The van der Waals surface area contributed by atoms with Crippen molar-refractivity contribution in [3.05, 3.63) is 24.3 Å². The first-order valence-corrected chi connectivity index (χ1v) is 10.1. The van der Waals surface area contributed by atoms with Crippen molar-refractivity contribution < 1.29 is 17.9 Å². The van der Waals surface area contributed by atoms with Crippen molar-refractivity contribution in [1.29, 1.82) is 0 Å². The number of tetrazole rings is 1. The molecule has 1 aromatic carbocycles. The average molecular weight is 394 g/mol. The van der Waals surface area contributed by atoms with Gasteiger partial charge >= 0.3 is 0 Å². The van der Waals surface area contributed by atoms with Gasteiger partial charge in [0.1, 0.15) is 0 Å². The third-order valence-electron chi connectivity index (χ3n) is 4.53. The molecule has 146 valence electrons. The predicted molar refractivity (Wildman–Crippen MR) is 96.0 cm³/mol. The molecule has 0 saturated carbocycles. The fourth-order valence-corrected chi connectivity index (χ4v) is 4.46. The summed E-state index contributed by atoms with van der Waals surface area (Å²) in [5.74, 6) is 0.182. The predicted octanol–water partition coefficient (Wildman–Crippen LogP) is 0.0300. The molecule has 2 N–H and O–H groups in total. The fourth-order valence-electron chi connectivity index (χ4n) is 2.99. The molecule has 1 fully saturated rings. The van der Waals surface area contributed by atoms with Gasteiger partial charge in [0.15, 0.2) is 0 Å². The van der Waals surface area contributed by atoms with Crippen molar-refractivity contribution in [3.63, 3.8) is 0 Å². The second-order valence-corrected chi connectivity index (χ2v) is 8.16. The second kappa shape index (κ2) is 8.55. The lowest BCUT2D eigenvalue weighted by Gasteiger charge is -2.30. The minimum absolute atomic E-state index is 0.0476. The smallest absolute Gasteiger partial charge is 0.243 e. The third-order valence-corrected chi connectivity index (χ3v) is 6.44. The van der Waals surface area contributed by atoms with Crippen LogP contribution in [0.1, 0.15) is 12.8 Å². The molecular formula is C16H22N6O4S. The first kappa shape index (κ1) is 19.4. The summed E-state index contributed by atoms with van der Waals surface area (Å²) in [6.07, 6.45) is 0.998. The number of hydrogen-bond acceptors (Lipinski definition) is 7. The number of benzene rings is 1. The zero-order valence-corrected chi connectivity index (χ0v) is 15.8. The van der Waals surface area contributed by atoms with Crippen LogP contribution in [0.5, 0.6) is 0 Å². The number of ether oxygens (including phenoxy) is 1. The lowest BCUT2D eigenvalue weighted by atomic mass is 9.97. The van der Waals surface area contributed by atoms with Crippen LogP contribution in [-0.2, 0) is 19.6 Å². The number of hydrogen-bond donors (Lipinski definition) is 2. The van der Waals surface area contributed by atoms with Crippen LogP contribution in [0.2, 0.25) is 0 Å². The van der Waals surface area contributed by atoms with Crippen molar-refractivity contribution in [2.24, 2.45) is 5.92 Å². The largest absolute Gasteiger partial charge is 0.383 e. The highest BCUT2D eigenvalue weighted by atomic mass is 32.2. The van der Waals surface area contributed by atoms with Gasteiger partial charge in [0.2, 0.25) is 21.8 Å². The molecular weight excluding hydrogens is 372 g/mol. The number of carbonyl (C=O) groups excluding carboxylic acids is 1. The molecule has 1 saturated heterocycles. The molecule has 3 rings (SSSR count). The van der Waals surface area contributed by atoms with E-state index in [0.29, 0.717) is 50.5 Å². The van der Waals surface area contributed by atoms with Crippen LogP contribution < -0.4 is 5.32 Å². The molecule has 1 aliphatic heterocycles. The van der Waals surface area contributed by atoms with E-state index < -0.39 is 10.0 Å². The number of carbonyl (C=O) groups is 1. The number of nitrogens with one attached hydrogen (secondary N) is 2. The second-order valence-electron chi connectivity index (χ2n) is 6.22. The van der Waals surface area contributed by atoms with Crippen LogP contribution in [0.3, 0.4) is 0 Å². The van der Waals surface area contributed by atoms with Gasteiger partial charge < -0.3 is 10.1 Å². The highest BCUT2D eigenvalue weighted by Crippen LogP contribution is 2.25. The Bertz CT molecular complexity index is 846. The maximum atomic E-state index is 12.8. The first-order chi connectivity index (χ1) is 13.0. The van der Waals surface area contributed by atoms with Crippen molar-refractivity contribution in [2.75, 3.05) is 33.4 Å². The van der Waals surface area contributed by atoms with Crippen molar-refractivity contribution in [3.8, 4) is 11.4 Å². The van der Waals surface area contributed by atoms with E-state index in [1.54, 1.807) is 19.2 Å². The van der Waals surface area contributed by atoms with E-state index in [4.69, 9.17) is 4.74 Å². The van der Waals surface area contributed by atoms with Crippen LogP contribution >= 0.6 is 0 Å². The molecule has 1 aliphatic rings. The summed E-state index contributed by atoms with van der Waals surface area (Å²) in [6, 6.07) is 6.36. The Kier molecular flexibility index (Phi) is 6.14. The van der Waals surface area contributed by atoms with Crippen LogP contribution in [-0.4, -0.2) is 72.6 Å².